The van der Waals surface area contributed by atoms with Gasteiger partial charge < -0.3 is 10.6 Å². The van der Waals surface area contributed by atoms with Gasteiger partial charge in [0.1, 0.15) is 0 Å². The Morgan fingerprint density at radius 2 is 2.45 bits per heavy atom. The molecule has 2 aromatic rings. The van der Waals surface area contributed by atoms with Gasteiger partial charge in [0.25, 0.3) is 0 Å². The Kier molecular flexibility index (Phi) is 3.84. The SMILES string of the molecule is C[C@H]1C[C@@H](C(=O)Nc2cc(-c3cccs3)[nH]n2)CCN1. The van der Waals surface area contributed by atoms with E-state index in [2.05, 4.69) is 27.8 Å². The highest BCUT2D eigenvalue weighted by Crippen LogP contribution is 2.25. The molecule has 2 aromatic heterocycles. The zero-order valence-electron chi connectivity index (χ0n) is 11.3. The summed E-state index contributed by atoms with van der Waals surface area (Å²) in [6, 6.07) is 6.31. The van der Waals surface area contributed by atoms with Crippen molar-refractivity contribution in [2.45, 2.75) is 25.8 Å². The molecule has 0 saturated carbocycles. The van der Waals surface area contributed by atoms with Crippen LogP contribution in [0.4, 0.5) is 5.82 Å². The van der Waals surface area contributed by atoms with Crippen molar-refractivity contribution in [2.75, 3.05) is 11.9 Å². The van der Waals surface area contributed by atoms with Crippen molar-refractivity contribution in [1.29, 1.82) is 0 Å². The molecule has 3 N–H and O–H groups in total. The number of anilines is 1. The van der Waals surface area contributed by atoms with Gasteiger partial charge in [-0.1, -0.05) is 6.07 Å². The Labute approximate surface area is 121 Å². The molecule has 0 unspecified atom stereocenters. The molecular weight excluding hydrogens is 272 g/mol. The topological polar surface area (TPSA) is 69.8 Å². The van der Waals surface area contributed by atoms with Crippen LogP contribution in [-0.2, 0) is 4.79 Å². The highest BCUT2D eigenvalue weighted by atomic mass is 32.1. The smallest absolute Gasteiger partial charge is 0.228 e. The predicted molar refractivity (Wildman–Crippen MR) is 80.7 cm³/mol. The maximum absolute atomic E-state index is 12.2. The number of thiophene rings is 1. The highest BCUT2D eigenvalue weighted by molar-refractivity contribution is 7.13. The number of carbonyl (C=O) groups excluding carboxylic acids is 1. The zero-order chi connectivity index (χ0) is 13.9. The molecule has 0 radical (unpaired) electrons. The van der Waals surface area contributed by atoms with Gasteiger partial charge in [-0.25, -0.2) is 0 Å². The lowest BCUT2D eigenvalue weighted by Gasteiger charge is -2.26. The van der Waals surface area contributed by atoms with E-state index in [1.54, 1.807) is 11.3 Å². The Hall–Kier alpha value is -1.66. The quantitative estimate of drug-likeness (QED) is 0.813. The summed E-state index contributed by atoms with van der Waals surface area (Å²) < 4.78 is 0. The fourth-order valence-electron chi connectivity index (χ4n) is 2.54. The minimum absolute atomic E-state index is 0.0718. The van der Waals surface area contributed by atoms with Gasteiger partial charge in [0.05, 0.1) is 10.6 Å². The minimum Gasteiger partial charge on any atom is -0.314 e. The monoisotopic (exact) mass is 290 g/mol. The fraction of sp³-hybridized carbons (Fsp3) is 0.429. The van der Waals surface area contributed by atoms with Gasteiger partial charge in [0, 0.05) is 18.0 Å². The van der Waals surface area contributed by atoms with E-state index >= 15 is 0 Å². The van der Waals surface area contributed by atoms with Crippen LogP contribution >= 0.6 is 11.3 Å². The molecule has 0 spiro atoms. The molecule has 20 heavy (non-hydrogen) atoms. The number of hydrogen-bond acceptors (Lipinski definition) is 4. The van der Waals surface area contributed by atoms with E-state index in [0.717, 1.165) is 30.0 Å². The number of nitrogens with zero attached hydrogens (tertiary/aromatic N) is 1. The molecule has 106 valence electrons. The van der Waals surface area contributed by atoms with Crippen molar-refractivity contribution in [3.05, 3.63) is 23.6 Å². The Morgan fingerprint density at radius 3 is 3.20 bits per heavy atom. The number of amides is 1. The van der Waals surface area contributed by atoms with E-state index in [1.807, 2.05) is 23.6 Å². The Bertz CT molecular complexity index is 578. The van der Waals surface area contributed by atoms with Gasteiger partial charge >= 0.3 is 0 Å². The average molecular weight is 290 g/mol. The molecule has 1 saturated heterocycles. The summed E-state index contributed by atoms with van der Waals surface area (Å²) in [5.41, 5.74) is 0.939. The van der Waals surface area contributed by atoms with Gasteiger partial charge in [0.15, 0.2) is 5.82 Å². The van der Waals surface area contributed by atoms with E-state index in [1.165, 1.54) is 0 Å². The zero-order valence-corrected chi connectivity index (χ0v) is 12.2. The minimum atomic E-state index is 0.0718. The lowest BCUT2D eigenvalue weighted by atomic mass is 9.92. The Balaban J connectivity index is 1.64. The summed E-state index contributed by atoms with van der Waals surface area (Å²) in [5, 5.41) is 15.4. The van der Waals surface area contributed by atoms with Crippen LogP contribution in [0.3, 0.4) is 0 Å². The van der Waals surface area contributed by atoms with Crippen molar-refractivity contribution in [1.82, 2.24) is 15.5 Å². The number of nitrogens with one attached hydrogen (secondary N) is 3. The summed E-state index contributed by atoms with van der Waals surface area (Å²) in [4.78, 5) is 13.3. The molecule has 6 heteroatoms. The van der Waals surface area contributed by atoms with Crippen LogP contribution in [0.1, 0.15) is 19.8 Å². The number of carbonyl (C=O) groups is 1. The van der Waals surface area contributed by atoms with E-state index in [9.17, 15) is 4.79 Å². The molecule has 1 fully saturated rings. The van der Waals surface area contributed by atoms with E-state index in [4.69, 9.17) is 0 Å². The largest absolute Gasteiger partial charge is 0.314 e. The summed E-state index contributed by atoms with van der Waals surface area (Å²) in [6.07, 6.45) is 1.77. The molecule has 0 bridgehead atoms. The van der Waals surface area contributed by atoms with Crippen LogP contribution < -0.4 is 10.6 Å². The predicted octanol–water partition coefficient (Wildman–Crippen LogP) is 2.46. The molecule has 3 rings (SSSR count). The van der Waals surface area contributed by atoms with E-state index < -0.39 is 0 Å². The lowest BCUT2D eigenvalue weighted by molar-refractivity contribution is -0.120. The van der Waals surface area contributed by atoms with Crippen molar-refractivity contribution >= 4 is 23.1 Å². The Morgan fingerprint density at radius 1 is 1.55 bits per heavy atom. The first-order valence-corrected chi connectivity index (χ1v) is 7.74. The maximum Gasteiger partial charge on any atom is 0.228 e. The number of piperidine rings is 1. The van der Waals surface area contributed by atoms with Crippen LogP contribution in [0.25, 0.3) is 10.6 Å². The summed E-state index contributed by atoms with van der Waals surface area (Å²) in [5.74, 6) is 0.750. The van der Waals surface area contributed by atoms with E-state index in [-0.39, 0.29) is 11.8 Å². The second kappa shape index (κ2) is 5.76. The first-order chi connectivity index (χ1) is 9.72. The summed E-state index contributed by atoms with van der Waals surface area (Å²) in [6.45, 7) is 3.02. The van der Waals surface area contributed by atoms with Crippen LogP contribution in [0.15, 0.2) is 23.6 Å². The summed E-state index contributed by atoms with van der Waals surface area (Å²) in [7, 11) is 0. The van der Waals surface area contributed by atoms with Crippen molar-refractivity contribution in [3.63, 3.8) is 0 Å². The molecular formula is C14H18N4OS. The number of rotatable bonds is 3. The molecule has 1 aliphatic rings. The highest BCUT2D eigenvalue weighted by Gasteiger charge is 2.25. The second-order valence-corrected chi connectivity index (χ2v) is 6.16. The fourth-order valence-corrected chi connectivity index (χ4v) is 3.23. The standard InChI is InChI=1S/C14H18N4OS/c1-9-7-10(4-5-15-9)14(19)16-13-8-11(17-18-13)12-3-2-6-20-12/h2-3,6,8-10,15H,4-5,7H2,1H3,(H2,16,17,18,19)/t9-,10-/m0/s1. The molecule has 5 nitrogen and oxygen atoms in total. The first-order valence-electron chi connectivity index (χ1n) is 6.86. The van der Waals surface area contributed by atoms with Gasteiger partial charge in [0.2, 0.25) is 5.91 Å². The number of aromatic nitrogens is 2. The third-order valence-corrected chi connectivity index (χ3v) is 4.51. The molecule has 3 heterocycles. The third-order valence-electron chi connectivity index (χ3n) is 3.61. The van der Waals surface area contributed by atoms with Crippen molar-refractivity contribution in [2.24, 2.45) is 5.92 Å². The van der Waals surface area contributed by atoms with Crippen LogP contribution in [0.5, 0.6) is 0 Å². The van der Waals surface area contributed by atoms with Gasteiger partial charge in [-0.2, -0.15) is 5.10 Å². The molecule has 0 aliphatic carbocycles. The van der Waals surface area contributed by atoms with Gasteiger partial charge in [-0.05, 0) is 37.8 Å². The first kappa shape index (κ1) is 13.3. The molecule has 0 aromatic carbocycles. The van der Waals surface area contributed by atoms with Crippen LogP contribution in [0, 0.1) is 5.92 Å². The third kappa shape index (κ3) is 2.91. The summed E-state index contributed by atoms with van der Waals surface area (Å²) >= 11 is 1.64. The normalized spacial score (nSPS) is 22.6. The molecule has 2 atom stereocenters. The number of aromatic amines is 1. The molecule has 1 aliphatic heterocycles. The van der Waals surface area contributed by atoms with Crippen molar-refractivity contribution < 1.29 is 4.79 Å². The van der Waals surface area contributed by atoms with Gasteiger partial charge in [-0.3, -0.25) is 9.89 Å². The van der Waals surface area contributed by atoms with Gasteiger partial charge in [-0.15, -0.1) is 11.3 Å². The maximum atomic E-state index is 12.2. The van der Waals surface area contributed by atoms with E-state index in [0.29, 0.717) is 11.9 Å². The van der Waals surface area contributed by atoms with Crippen molar-refractivity contribution in [3.8, 4) is 10.6 Å². The van der Waals surface area contributed by atoms with Crippen LogP contribution in [0.2, 0.25) is 0 Å². The number of H-pyrrole nitrogens is 1. The lowest BCUT2D eigenvalue weighted by Crippen LogP contribution is -2.40. The second-order valence-electron chi connectivity index (χ2n) is 5.21. The number of hydrogen-bond donors (Lipinski definition) is 3. The molecule has 1 amide bonds. The average Bonchev–Trinajstić information content (AvgIpc) is 3.08. The van der Waals surface area contributed by atoms with Crippen LogP contribution in [-0.4, -0.2) is 28.7 Å².